The highest BCUT2D eigenvalue weighted by molar-refractivity contribution is 6.16. The van der Waals surface area contributed by atoms with Crippen LogP contribution in [0.15, 0.2) is 57.8 Å². The molecule has 0 bridgehead atoms. The minimum atomic E-state index is -1.40. The number of ketones is 1. The summed E-state index contributed by atoms with van der Waals surface area (Å²) >= 11 is 0. The second-order valence-corrected chi connectivity index (χ2v) is 4.30. The summed E-state index contributed by atoms with van der Waals surface area (Å²) in [5, 5.41) is 10.6. The molecule has 0 saturated carbocycles. The number of fused-ring (bicyclic) bond motifs is 1. The van der Waals surface area contributed by atoms with Crippen LogP contribution in [0.3, 0.4) is 0 Å². The summed E-state index contributed by atoms with van der Waals surface area (Å²) in [6.07, 6.45) is 2.77. The molecule has 0 radical (unpaired) electrons. The summed E-state index contributed by atoms with van der Waals surface area (Å²) in [5.41, 5.74) is 0. The van der Waals surface area contributed by atoms with Gasteiger partial charge in [-0.2, -0.15) is 0 Å². The minimum absolute atomic E-state index is 0.0319. The molecule has 0 aliphatic rings. The number of Topliss-reactive ketones (excluding diaryl/α,β-unsaturated/α-hetero) is 1. The summed E-state index contributed by atoms with van der Waals surface area (Å²) in [6, 6.07) is 10.1. The Hall–Kier alpha value is -2.82. The first-order valence-electron chi connectivity index (χ1n) is 5.95. The molecule has 100 valence electrons. The fourth-order valence-corrected chi connectivity index (χ4v) is 2.13. The Morgan fingerprint density at radius 3 is 2.55 bits per heavy atom. The van der Waals surface area contributed by atoms with Crippen LogP contribution >= 0.6 is 0 Å². The van der Waals surface area contributed by atoms with Crippen molar-refractivity contribution in [2.45, 2.75) is 5.92 Å². The molecule has 3 aromatic rings. The van der Waals surface area contributed by atoms with Gasteiger partial charge in [0.25, 0.3) is 0 Å². The number of benzene rings is 1. The van der Waals surface area contributed by atoms with E-state index in [1.165, 1.54) is 18.6 Å². The Balaban J connectivity index is 2.08. The predicted octanol–water partition coefficient (Wildman–Crippen LogP) is 3.08. The lowest BCUT2D eigenvalue weighted by Gasteiger charge is -2.06. The van der Waals surface area contributed by atoms with E-state index in [4.69, 9.17) is 8.83 Å². The third-order valence-corrected chi connectivity index (χ3v) is 3.07. The lowest BCUT2D eigenvalue weighted by Crippen LogP contribution is -2.21. The van der Waals surface area contributed by atoms with E-state index in [2.05, 4.69) is 0 Å². The molecule has 1 unspecified atom stereocenters. The van der Waals surface area contributed by atoms with Gasteiger partial charge in [-0.15, -0.1) is 0 Å². The van der Waals surface area contributed by atoms with Gasteiger partial charge in [-0.25, -0.2) is 0 Å². The molecule has 1 aromatic carbocycles. The monoisotopic (exact) mass is 270 g/mol. The third-order valence-electron chi connectivity index (χ3n) is 3.07. The minimum Gasteiger partial charge on any atom is -0.480 e. The van der Waals surface area contributed by atoms with Crippen LogP contribution in [-0.2, 0) is 4.79 Å². The number of carboxylic acid groups (broad SMARTS) is 1. The molecule has 3 rings (SSSR count). The topological polar surface area (TPSA) is 80.6 Å². The van der Waals surface area contributed by atoms with Crippen molar-refractivity contribution < 1.29 is 23.5 Å². The quantitative estimate of drug-likeness (QED) is 0.582. The normalized spacial score (nSPS) is 12.4. The first-order valence-corrected chi connectivity index (χ1v) is 5.95. The van der Waals surface area contributed by atoms with E-state index in [-0.39, 0.29) is 11.5 Å². The molecular weight excluding hydrogens is 260 g/mol. The van der Waals surface area contributed by atoms with Gasteiger partial charge in [-0.1, -0.05) is 24.3 Å². The Kier molecular flexibility index (Phi) is 2.87. The second-order valence-electron chi connectivity index (χ2n) is 4.30. The molecule has 1 atom stereocenters. The highest BCUT2D eigenvalue weighted by Crippen LogP contribution is 2.28. The molecule has 0 spiro atoms. The highest BCUT2D eigenvalue weighted by Gasteiger charge is 2.34. The van der Waals surface area contributed by atoms with E-state index < -0.39 is 17.7 Å². The zero-order valence-corrected chi connectivity index (χ0v) is 10.3. The van der Waals surface area contributed by atoms with Crippen molar-refractivity contribution in [3.05, 3.63) is 60.4 Å². The maximum atomic E-state index is 12.4. The molecule has 20 heavy (non-hydrogen) atoms. The zero-order chi connectivity index (χ0) is 14.1. The molecule has 5 nitrogen and oxygen atoms in total. The molecule has 0 amide bonds. The maximum Gasteiger partial charge on any atom is 0.322 e. The molecule has 0 fully saturated rings. The number of hydrogen-bond acceptors (Lipinski definition) is 4. The molecule has 1 N–H and O–H groups in total. The summed E-state index contributed by atoms with van der Waals surface area (Å²) in [6.45, 7) is 0. The van der Waals surface area contributed by atoms with Crippen molar-refractivity contribution in [2.24, 2.45) is 0 Å². The molecule has 2 heterocycles. The third kappa shape index (κ3) is 1.89. The standard InChI is InChI=1S/C15H10O5/c16-13(12(15(17)18)11-6-3-7-19-11)14-10-5-2-1-4-9(10)8-20-14/h1-8,12H,(H,17,18). The van der Waals surface area contributed by atoms with E-state index in [0.29, 0.717) is 5.39 Å². The fourth-order valence-electron chi connectivity index (χ4n) is 2.13. The summed E-state index contributed by atoms with van der Waals surface area (Å²) in [7, 11) is 0. The second kappa shape index (κ2) is 4.70. The molecule has 0 aliphatic heterocycles. The average Bonchev–Trinajstić information content (AvgIpc) is 3.07. The van der Waals surface area contributed by atoms with Gasteiger partial charge in [0.05, 0.1) is 12.5 Å². The number of carbonyl (C=O) groups excluding carboxylic acids is 1. The van der Waals surface area contributed by atoms with Crippen LogP contribution in [0.4, 0.5) is 0 Å². The number of furan rings is 2. The van der Waals surface area contributed by atoms with Crippen molar-refractivity contribution in [2.75, 3.05) is 0 Å². The van der Waals surface area contributed by atoms with Gasteiger partial charge in [0, 0.05) is 10.8 Å². The lowest BCUT2D eigenvalue weighted by atomic mass is 9.97. The van der Waals surface area contributed by atoms with Crippen molar-refractivity contribution in [1.82, 2.24) is 0 Å². The van der Waals surface area contributed by atoms with Crippen LogP contribution in [0.2, 0.25) is 0 Å². The SMILES string of the molecule is O=C(O)C(C(=O)c1occ2ccccc12)c1ccco1. The predicted molar refractivity (Wildman–Crippen MR) is 69.6 cm³/mol. The average molecular weight is 270 g/mol. The van der Waals surface area contributed by atoms with Crippen molar-refractivity contribution in [1.29, 1.82) is 0 Å². The number of hydrogen-bond donors (Lipinski definition) is 1. The molecule has 2 aromatic heterocycles. The van der Waals surface area contributed by atoms with E-state index in [9.17, 15) is 14.7 Å². The summed E-state index contributed by atoms with van der Waals surface area (Å²) in [4.78, 5) is 23.8. The first-order chi connectivity index (χ1) is 9.68. The van der Waals surface area contributed by atoms with Crippen LogP contribution in [0, 0.1) is 0 Å². The van der Waals surface area contributed by atoms with Gasteiger partial charge in [-0.3, -0.25) is 9.59 Å². The van der Waals surface area contributed by atoms with Gasteiger partial charge < -0.3 is 13.9 Å². The Morgan fingerprint density at radius 1 is 1.05 bits per heavy atom. The first kappa shape index (κ1) is 12.2. The number of carboxylic acids is 1. The fraction of sp³-hybridized carbons (Fsp3) is 0.0667. The Bertz CT molecular complexity index is 767. The van der Waals surface area contributed by atoms with Gasteiger partial charge in [0.15, 0.2) is 11.7 Å². The van der Waals surface area contributed by atoms with E-state index >= 15 is 0 Å². The van der Waals surface area contributed by atoms with Crippen LogP contribution < -0.4 is 0 Å². The zero-order valence-electron chi connectivity index (χ0n) is 10.3. The van der Waals surface area contributed by atoms with E-state index in [0.717, 1.165) is 5.39 Å². The summed E-state index contributed by atoms with van der Waals surface area (Å²) in [5.74, 6) is -3.19. The summed E-state index contributed by atoms with van der Waals surface area (Å²) < 4.78 is 10.3. The van der Waals surface area contributed by atoms with Gasteiger partial charge >= 0.3 is 5.97 Å². The highest BCUT2D eigenvalue weighted by atomic mass is 16.4. The van der Waals surface area contributed by atoms with Gasteiger partial charge in [0.1, 0.15) is 5.76 Å². The number of aliphatic carboxylic acids is 1. The van der Waals surface area contributed by atoms with Gasteiger partial charge in [-0.05, 0) is 12.1 Å². The molecule has 0 aliphatic carbocycles. The number of rotatable bonds is 4. The van der Waals surface area contributed by atoms with Crippen LogP contribution in [0.5, 0.6) is 0 Å². The van der Waals surface area contributed by atoms with Gasteiger partial charge in [0.2, 0.25) is 5.78 Å². The smallest absolute Gasteiger partial charge is 0.322 e. The van der Waals surface area contributed by atoms with E-state index in [1.54, 1.807) is 24.3 Å². The molecular formula is C15H10O5. The largest absolute Gasteiger partial charge is 0.480 e. The van der Waals surface area contributed by atoms with Crippen LogP contribution in [-0.4, -0.2) is 16.9 Å². The van der Waals surface area contributed by atoms with Crippen molar-refractivity contribution >= 4 is 22.5 Å². The maximum absolute atomic E-state index is 12.4. The number of carbonyl (C=O) groups is 2. The van der Waals surface area contributed by atoms with E-state index in [1.807, 2.05) is 6.07 Å². The Morgan fingerprint density at radius 2 is 1.85 bits per heavy atom. The Labute approximate surface area is 113 Å². The van der Waals surface area contributed by atoms with Crippen LogP contribution in [0.1, 0.15) is 22.2 Å². The lowest BCUT2D eigenvalue weighted by molar-refractivity contribution is -0.137. The molecule has 0 saturated heterocycles. The van der Waals surface area contributed by atoms with Crippen LogP contribution in [0.25, 0.3) is 10.8 Å². The van der Waals surface area contributed by atoms with Crippen molar-refractivity contribution in [3.8, 4) is 0 Å². The molecule has 5 heteroatoms. The van der Waals surface area contributed by atoms with Crippen molar-refractivity contribution in [3.63, 3.8) is 0 Å².